The molecule has 0 saturated heterocycles. The van der Waals surface area contributed by atoms with Crippen molar-refractivity contribution in [1.29, 1.82) is 0 Å². The molecule has 21 rings (SSSR count). The van der Waals surface area contributed by atoms with Gasteiger partial charge in [0, 0.05) is 46.1 Å². The van der Waals surface area contributed by atoms with Gasteiger partial charge in [0.25, 0.3) is 22.2 Å². The van der Waals surface area contributed by atoms with Crippen LogP contribution in [0.25, 0.3) is 194 Å². The minimum Gasteiger partial charge on any atom is -0.487 e. The minimum atomic E-state index is -0.567. The maximum atomic E-state index is 13.7. The van der Waals surface area contributed by atoms with Crippen molar-refractivity contribution in [3.05, 3.63) is 195 Å². The molecule has 21 aromatic rings. The van der Waals surface area contributed by atoms with Gasteiger partial charge in [-0.2, -0.15) is 0 Å². The Labute approximate surface area is 570 Å². The average Bonchev–Trinajstić information content (AvgIpc) is 1.53. The number of fused-ring (bicyclic) bond motifs is 9. The second-order valence-corrected chi connectivity index (χ2v) is 31.2. The Kier molecular flexibility index (Phi) is 12.1. The smallest absolute Gasteiger partial charge is 0.347 e. The van der Waals surface area contributed by atoms with E-state index in [1.165, 1.54) is 57.6 Å². The molecule has 3 aromatic heterocycles. The van der Waals surface area contributed by atoms with E-state index < -0.39 is 16.9 Å². The van der Waals surface area contributed by atoms with E-state index in [1.54, 1.807) is 0 Å². The van der Waals surface area contributed by atoms with Crippen LogP contribution in [0.1, 0.15) is 80.0 Å². The summed E-state index contributed by atoms with van der Waals surface area (Å²) >= 11 is 14.8. The lowest BCUT2D eigenvalue weighted by Gasteiger charge is -2.23. The first-order valence-electron chi connectivity index (χ1n) is 31.7. The molecule has 0 radical (unpaired) electrons. The van der Waals surface area contributed by atoms with Crippen molar-refractivity contribution in [3.8, 4) is 5.75 Å². The molecule has 0 fully saturated rings. The van der Waals surface area contributed by atoms with E-state index in [-0.39, 0.29) is 34.3 Å². The number of nitrogens with zero attached hydrogens (tertiary/aromatic N) is 2. The molecule has 2 N–H and O–H groups in total. The van der Waals surface area contributed by atoms with Gasteiger partial charge in [-0.05, 0) is 255 Å². The predicted octanol–water partition coefficient (Wildman–Crippen LogP) is 20.5. The van der Waals surface area contributed by atoms with Crippen molar-refractivity contribution in [1.82, 2.24) is 9.13 Å². The molecule has 0 aliphatic carbocycles. The van der Waals surface area contributed by atoms with E-state index in [0.717, 1.165) is 142 Å². The molecule has 464 valence electrons. The highest BCUT2D eigenvalue weighted by Gasteiger charge is 2.33. The normalized spacial score (nSPS) is 13.1. The molecule has 0 bridgehead atoms. The molecule has 3 heterocycles. The quantitative estimate of drug-likeness (QED) is 0.170. The van der Waals surface area contributed by atoms with Gasteiger partial charge >= 0.3 is 11.3 Å². The fraction of sp³-hybridized carbons (Fsp3) is 0.175. The summed E-state index contributed by atoms with van der Waals surface area (Å²) in [5, 5.41) is 35.1. The number of halogens is 4. The third kappa shape index (κ3) is 7.43. The first kappa shape index (κ1) is 58.8. The monoisotopic (exact) mass is 1500 g/mol. The van der Waals surface area contributed by atoms with E-state index in [4.69, 9.17) is 14.9 Å². The maximum Gasteiger partial charge on any atom is 0.347 e. The first-order chi connectivity index (χ1) is 45.3. The summed E-state index contributed by atoms with van der Waals surface area (Å²) in [4.78, 5) is 79.4. The summed E-state index contributed by atoms with van der Waals surface area (Å²) in [5.74, 6) is 0.753. The number of ether oxygens (including phenoxy) is 1. The lowest BCUT2D eigenvalue weighted by molar-refractivity contribution is 0.133. The van der Waals surface area contributed by atoms with Gasteiger partial charge in [-0.15, -0.1) is 0 Å². The van der Waals surface area contributed by atoms with Crippen LogP contribution in [0.3, 0.4) is 0 Å². The Bertz CT molecular complexity index is 6970. The van der Waals surface area contributed by atoms with Crippen LogP contribution in [0.4, 0.5) is 0 Å². The van der Waals surface area contributed by atoms with E-state index in [1.807, 2.05) is 92.6 Å². The van der Waals surface area contributed by atoms with Crippen LogP contribution >= 0.6 is 63.7 Å². The summed E-state index contributed by atoms with van der Waals surface area (Å²) in [7, 11) is 0. The van der Waals surface area contributed by atoms with Crippen LogP contribution in [-0.2, 0) is 0 Å². The van der Waals surface area contributed by atoms with Gasteiger partial charge < -0.3 is 14.9 Å². The van der Waals surface area contributed by atoms with Crippen LogP contribution in [0, 0.1) is 6.92 Å². The Morgan fingerprint density at radius 1 is 0.347 bits per heavy atom. The number of aromatic nitrogens is 2. The molecule has 11 nitrogen and oxygen atoms in total. The third-order valence-corrected chi connectivity index (χ3v) is 22.6. The number of benzene rings is 15. The van der Waals surface area contributed by atoms with Gasteiger partial charge in [-0.3, -0.25) is 28.3 Å². The zero-order valence-electron chi connectivity index (χ0n) is 52.9. The molecule has 0 aliphatic heterocycles. The summed E-state index contributed by atoms with van der Waals surface area (Å²) < 4.78 is 18.0. The lowest BCUT2D eigenvalue weighted by atomic mass is 9.93. The van der Waals surface area contributed by atoms with Crippen molar-refractivity contribution < 1.29 is 9.15 Å². The van der Waals surface area contributed by atoms with Gasteiger partial charge in [-0.25, -0.2) is 9.59 Å². The molecule has 15 heteroatoms. The van der Waals surface area contributed by atoms with Gasteiger partial charge in [0.15, 0.2) is 0 Å². The molecule has 0 unspecified atom stereocenters. The van der Waals surface area contributed by atoms with Gasteiger partial charge in [0.05, 0.1) is 32.3 Å². The zero-order valence-corrected chi connectivity index (χ0v) is 59.2. The van der Waals surface area contributed by atoms with Crippen molar-refractivity contribution in [2.75, 3.05) is 0 Å². The first-order valence-corrected chi connectivity index (χ1v) is 34.9. The topological polar surface area (TPSA) is 161 Å². The molecule has 0 atom stereocenters. The second kappa shape index (κ2) is 19.5. The second-order valence-electron chi connectivity index (χ2n) is 27.8. The van der Waals surface area contributed by atoms with Gasteiger partial charge in [0.1, 0.15) is 11.4 Å². The standard InChI is InChI=1S/C30H25NO3.C25H13Br2NO2.C22H6Br2O3.C3H9N/c1-13(2)31-28(32)26-18-11-14(3)16-9-7-15-8-10-17-20(34-30(4,5)6)12-19(27(26)29(31)33)25-23(17)21(15)22(16)24(18)25;1-9(2)28-24(29)22-13-7-15(26)11-5-3-10-4-6-12-16(27)8-14(23(22)25(28)30)21-19(12)17(10)18(11)20(13)21;23-12-5-10-17-15-8(12)3-1-7-2-4-9-13(24)6-11(18(17)16(9)14(7)15)20-19(10)21(25)27-22(20)26;1-3(2)4/h7-13H,1-6H3;3-9H,1-2H3;1-6H;3H,4H2,1-2H3. The van der Waals surface area contributed by atoms with Crippen LogP contribution in [0.15, 0.2) is 160 Å². The van der Waals surface area contributed by atoms with Crippen LogP contribution < -0.4 is 44.0 Å². The number of hydrogen-bond donors (Lipinski definition) is 1. The van der Waals surface area contributed by atoms with Gasteiger partial charge in [0.2, 0.25) is 0 Å². The van der Waals surface area contributed by atoms with Crippen molar-refractivity contribution in [2.24, 2.45) is 5.73 Å². The number of hydrogen-bond acceptors (Lipinski definition) is 9. The summed E-state index contributed by atoms with van der Waals surface area (Å²) in [6.07, 6.45) is 0. The van der Waals surface area contributed by atoms with Crippen molar-refractivity contribution in [3.63, 3.8) is 0 Å². The van der Waals surface area contributed by atoms with Crippen molar-refractivity contribution in [2.45, 2.75) is 93.0 Å². The molecule has 0 spiro atoms. The number of furan rings is 1. The highest BCUT2D eigenvalue weighted by atomic mass is 79.9. The molecular formula is C80H53Br4N3O8. The molecule has 0 amide bonds. The third-order valence-electron chi connectivity index (χ3n) is 20.0. The Hall–Kier alpha value is -8.70. The number of nitrogens with two attached hydrogens (primary N) is 1. The summed E-state index contributed by atoms with van der Waals surface area (Å²) in [5.41, 5.74) is 3.89. The lowest BCUT2D eigenvalue weighted by Crippen LogP contribution is -2.27. The number of aryl methyl sites for hydroxylation is 1. The average molecular weight is 1500 g/mol. The molecule has 0 saturated carbocycles. The SMILES string of the molecule is CC(C)N.CC(C)n1c(=O)c2c3cc(Br)c4ccc5ccc6c(Br)cc(c2c1=O)c1c6c5c4c31.Cc1cc2c3c(=O)n(C(C)C)c(=O)c3c3cc(OC(C)(C)C)c4ccc5ccc1c1c5c4c3c21.O=c1oc(=O)c2c3cc(Br)c4ccc5ccc6c(Br)cc(c12)c1c6c5c4c31. The zero-order chi connectivity index (χ0) is 66.2. The molecule has 95 heavy (non-hydrogen) atoms. The van der Waals surface area contributed by atoms with Crippen LogP contribution in [0.2, 0.25) is 0 Å². The molecule has 18 aromatic carbocycles. The molecular weight excluding hydrogens is 1450 g/mol. The Morgan fingerprint density at radius 3 is 0.916 bits per heavy atom. The Morgan fingerprint density at radius 2 is 0.600 bits per heavy atom. The van der Waals surface area contributed by atoms with Crippen molar-refractivity contribution >= 4 is 258 Å². The highest BCUT2D eigenvalue weighted by molar-refractivity contribution is 9.11. The van der Waals surface area contributed by atoms with Crippen LogP contribution in [0.5, 0.6) is 5.75 Å². The van der Waals surface area contributed by atoms with E-state index in [9.17, 15) is 28.8 Å². The number of rotatable bonds is 3. The van der Waals surface area contributed by atoms with E-state index in [0.29, 0.717) is 38.4 Å². The van der Waals surface area contributed by atoms with E-state index >= 15 is 0 Å². The van der Waals surface area contributed by atoms with Gasteiger partial charge in [-0.1, -0.05) is 144 Å². The van der Waals surface area contributed by atoms with E-state index in [2.05, 4.69) is 150 Å². The fourth-order valence-corrected chi connectivity index (χ4v) is 19.0. The predicted molar refractivity (Wildman–Crippen MR) is 411 cm³/mol. The minimum absolute atomic E-state index is 0.194. The van der Waals surface area contributed by atoms with Crippen LogP contribution in [-0.4, -0.2) is 20.8 Å². The fourth-order valence-electron chi connectivity index (χ4n) is 16.8. The molecule has 0 aliphatic rings. The highest BCUT2D eigenvalue weighted by Crippen LogP contribution is 2.57. The summed E-state index contributed by atoms with van der Waals surface area (Å²) in [6.45, 7) is 19.6. The Balaban J connectivity index is 0.000000102. The summed E-state index contributed by atoms with van der Waals surface area (Å²) in [6, 6.07) is 37.7. The maximum absolute atomic E-state index is 13.7. The largest absolute Gasteiger partial charge is 0.487 e.